The monoisotopic (exact) mass is 336 g/mol. The molecule has 0 amide bonds. The highest BCUT2D eigenvalue weighted by Crippen LogP contribution is 2.27. The van der Waals surface area contributed by atoms with Crippen LogP contribution >= 0.6 is 0 Å². The second kappa shape index (κ2) is 6.99. The molecule has 1 heterocycles. The van der Waals surface area contributed by atoms with Crippen LogP contribution in [0, 0.1) is 0 Å². The molecule has 0 spiro atoms. The summed E-state index contributed by atoms with van der Waals surface area (Å²) in [5.41, 5.74) is 1.09. The summed E-state index contributed by atoms with van der Waals surface area (Å²) in [6.07, 6.45) is 1.82. The minimum absolute atomic E-state index is 0.0210. The van der Waals surface area contributed by atoms with E-state index in [0.717, 1.165) is 0 Å². The zero-order valence-corrected chi connectivity index (χ0v) is 13.7. The van der Waals surface area contributed by atoms with Crippen molar-refractivity contribution in [3.63, 3.8) is 0 Å². The van der Waals surface area contributed by atoms with E-state index in [1.165, 1.54) is 19.1 Å². The van der Waals surface area contributed by atoms with Crippen LogP contribution in [0.4, 0.5) is 0 Å². The third kappa shape index (κ3) is 3.82. The largest absolute Gasteiger partial charge is 0.378 e. The van der Waals surface area contributed by atoms with Crippen molar-refractivity contribution in [1.82, 2.24) is 0 Å². The number of ketones is 1. The van der Waals surface area contributed by atoms with Crippen LogP contribution in [0.3, 0.4) is 0 Å². The Balaban J connectivity index is 2.72. The minimum atomic E-state index is -4.49. The van der Waals surface area contributed by atoms with E-state index in [-0.39, 0.29) is 10.5 Å². The van der Waals surface area contributed by atoms with Crippen molar-refractivity contribution in [1.29, 1.82) is 0 Å². The zero-order chi connectivity index (χ0) is 17.0. The fourth-order valence-electron chi connectivity index (χ4n) is 2.43. The molecule has 1 N–H and O–H groups in total. The second-order valence-corrected chi connectivity index (χ2v) is 6.37. The molecule has 0 radical (unpaired) electrons. The lowest BCUT2D eigenvalue weighted by atomic mass is 10.0. The molecule has 2 rings (SSSR count). The number of methoxy groups -OCH3 is 1. The lowest BCUT2D eigenvalue weighted by Gasteiger charge is -2.10. The number of hydrogen-bond acceptors (Lipinski definition) is 4. The predicted molar refractivity (Wildman–Crippen MR) is 83.8 cm³/mol. The summed E-state index contributed by atoms with van der Waals surface area (Å²) in [5.74, 6) is -0.435. The summed E-state index contributed by atoms with van der Waals surface area (Å²) < 4.78 is 39.5. The van der Waals surface area contributed by atoms with Crippen LogP contribution in [0.5, 0.6) is 0 Å². The van der Waals surface area contributed by atoms with E-state index in [4.69, 9.17) is 4.74 Å². The maximum absolute atomic E-state index is 12.0. The normalized spacial score (nSPS) is 11.4. The van der Waals surface area contributed by atoms with E-state index in [2.05, 4.69) is 0 Å². The smallest absolute Gasteiger partial charge is 0.295 e. The van der Waals surface area contributed by atoms with Crippen molar-refractivity contribution in [2.75, 3.05) is 13.7 Å². The molecular weight excluding hydrogens is 318 g/mol. The van der Waals surface area contributed by atoms with Crippen LogP contribution in [0.2, 0.25) is 0 Å². The molecule has 0 aliphatic rings. The molecule has 1 aromatic carbocycles. The van der Waals surface area contributed by atoms with Gasteiger partial charge < -0.3 is 4.74 Å². The van der Waals surface area contributed by atoms with E-state index in [9.17, 15) is 17.8 Å². The SMILES string of the molecule is COCC[n+]1ccccc1-c1cccc(S(=O)(=O)O)c1C(C)=O. The highest BCUT2D eigenvalue weighted by Gasteiger charge is 2.25. The molecule has 0 aliphatic carbocycles. The Kier molecular flexibility index (Phi) is 5.25. The van der Waals surface area contributed by atoms with Crippen LogP contribution < -0.4 is 4.57 Å². The maximum atomic E-state index is 12.0. The van der Waals surface area contributed by atoms with Gasteiger partial charge in [-0.1, -0.05) is 6.07 Å². The molecule has 0 saturated heterocycles. The number of benzene rings is 1. The molecule has 6 nitrogen and oxygen atoms in total. The van der Waals surface area contributed by atoms with E-state index in [0.29, 0.717) is 24.4 Å². The van der Waals surface area contributed by atoms with Gasteiger partial charge in [0.2, 0.25) is 5.69 Å². The zero-order valence-electron chi connectivity index (χ0n) is 12.9. The Morgan fingerprint density at radius 3 is 2.57 bits per heavy atom. The standard InChI is InChI=1S/C16H17NO5S/c1-12(18)16-13(6-5-8-15(16)23(19,20)21)14-7-3-4-9-17(14)10-11-22-2/h3-9H,10-11H2,1-2H3/p+1. The van der Waals surface area contributed by atoms with E-state index < -0.39 is 15.9 Å². The molecule has 0 atom stereocenters. The average Bonchev–Trinajstić information content (AvgIpc) is 2.51. The Morgan fingerprint density at radius 1 is 1.22 bits per heavy atom. The fraction of sp³-hybridized carbons (Fsp3) is 0.250. The van der Waals surface area contributed by atoms with Gasteiger partial charge in [-0.05, 0) is 25.1 Å². The second-order valence-electron chi connectivity index (χ2n) is 4.98. The van der Waals surface area contributed by atoms with Gasteiger partial charge in [-0.15, -0.1) is 0 Å². The number of carbonyl (C=O) groups excluding carboxylic acids is 1. The quantitative estimate of drug-likeness (QED) is 0.493. The Bertz CT molecular complexity index is 830. The van der Waals surface area contributed by atoms with Crippen molar-refractivity contribution in [3.8, 4) is 11.3 Å². The third-order valence-electron chi connectivity index (χ3n) is 3.41. The van der Waals surface area contributed by atoms with E-state index >= 15 is 0 Å². The van der Waals surface area contributed by atoms with Gasteiger partial charge in [-0.3, -0.25) is 9.35 Å². The van der Waals surface area contributed by atoms with Crippen molar-refractivity contribution in [3.05, 3.63) is 48.2 Å². The van der Waals surface area contributed by atoms with E-state index in [1.54, 1.807) is 25.3 Å². The maximum Gasteiger partial charge on any atom is 0.295 e. The molecule has 0 aliphatic heterocycles. The number of ether oxygens (including phenoxy) is 1. The molecule has 2 aromatic rings. The van der Waals surface area contributed by atoms with Crippen molar-refractivity contribution >= 4 is 15.9 Å². The molecule has 7 heteroatoms. The van der Waals surface area contributed by atoms with Crippen molar-refractivity contribution in [2.24, 2.45) is 0 Å². The Labute approximate surface area is 135 Å². The van der Waals surface area contributed by atoms with Gasteiger partial charge in [-0.25, -0.2) is 0 Å². The first kappa shape index (κ1) is 17.3. The number of hydrogen-bond donors (Lipinski definition) is 1. The fourth-order valence-corrected chi connectivity index (χ4v) is 3.19. The van der Waals surface area contributed by atoms with Gasteiger partial charge in [0.1, 0.15) is 11.5 Å². The molecule has 0 unspecified atom stereocenters. The van der Waals surface area contributed by atoms with Crippen LogP contribution in [-0.4, -0.2) is 32.5 Å². The van der Waals surface area contributed by atoms with Gasteiger partial charge in [0, 0.05) is 19.2 Å². The summed E-state index contributed by atoms with van der Waals surface area (Å²) in [6.45, 7) is 2.28. The molecule has 0 bridgehead atoms. The number of pyridine rings is 1. The number of Topliss-reactive ketones (excluding diaryl/α,β-unsaturated/α-hetero) is 1. The minimum Gasteiger partial charge on any atom is -0.378 e. The lowest BCUT2D eigenvalue weighted by Crippen LogP contribution is -2.38. The Morgan fingerprint density at radius 2 is 1.96 bits per heavy atom. The first-order valence-corrected chi connectivity index (χ1v) is 8.39. The van der Waals surface area contributed by atoms with Crippen LogP contribution in [0.15, 0.2) is 47.5 Å². The highest BCUT2D eigenvalue weighted by molar-refractivity contribution is 7.86. The van der Waals surface area contributed by atoms with Crippen LogP contribution in [0.25, 0.3) is 11.3 Å². The van der Waals surface area contributed by atoms with Crippen LogP contribution in [-0.2, 0) is 21.4 Å². The van der Waals surface area contributed by atoms with Crippen molar-refractivity contribution in [2.45, 2.75) is 18.4 Å². The third-order valence-corrected chi connectivity index (χ3v) is 4.31. The number of carbonyl (C=O) groups is 1. The number of nitrogens with zero attached hydrogens (tertiary/aromatic N) is 1. The molecule has 23 heavy (non-hydrogen) atoms. The summed E-state index contributed by atoms with van der Waals surface area (Å²) in [4.78, 5) is 11.6. The van der Waals surface area contributed by atoms with E-state index in [1.807, 2.05) is 16.8 Å². The van der Waals surface area contributed by atoms with Gasteiger partial charge in [0.15, 0.2) is 18.5 Å². The van der Waals surface area contributed by atoms with Crippen molar-refractivity contribution < 1.29 is 27.1 Å². The summed E-state index contributed by atoms with van der Waals surface area (Å²) >= 11 is 0. The van der Waals surface area contributed by atoms with Gasteiger partial charge in [0.25, 0.3) is 10.1 Å². The topological polar surface area (TPSA) is 84.6 Å². The van der Waals surface area contributed by atoms with Gasteiger partial charge >= 0.3 is 0 Å². The molecule has 1 aromatic heterocycles. The first-order valence-electron chi connectivity index (χ1n) is 6.95. The average molecular weight is 336 g/mol. The number of rotatable bonds is 6. The van der Waals surface area contributed by atoms with Gasteiger partial charge in [0.05, 0.1) is 11.1 Å². The molecule has 0 fully saturated rings. The Hall–Kier alpha value is -2.09. The first-order chi connectivity index (χ1) is 10.9. The summed E-state index contributed by atoms with van der Waals surface area (Å²) in [7, 11) is -2.91. The summed E-state index contributed by atoms with van der Waals surface area (Å²) in [6, 6.07) is 9.79. The van der Waals surface area contributed by atoms with Gasteiger partial charge in [-0.2, -0.15) is 13.0 Å². The molecule has 122 valence electrons. The summed E-state index contributed by atoms with van der Waals surface area (Å²) in [5, 5.41) is 0. The molecular formula is C16H18NO5S+. The lowest BCUT2D eigenvalue weighted by molar-refractivity contribution is -0.687. The molecule has 0 saturated carbocycles. The highest BCUT2D eigenvalue weighted by atomic mass is 32.2. The number of aromatic nitrogens is 1. The van der Waals surface area contributed by atoms with Crippen LogP contribution in [0.1, 0.15) is 17.3 Å². The predicted octanol–water partition coefficient (Wildman–Crippen LogP) is 1.74.